The highest BCUT2D eigenvalue weighted by Gasteiger charge is 2.13. The minimum atomic E-state index is -0.314. The van der Waals surface area contributed by atoms with E-state index in [-0.39, 0.29) is 18.2 Å². The number of rotatable bonds is 3. The number of nitrogens with two attached hydrogens (primary N) is 1. The molecular formula is C16H15N3O2. The zero-order valence-electron chi connectivity index (χ0n) is 11.6. The second-order valence-electron chi connectivity index (χ2n) is 4.75. The predicted octanol–water partition coefficient (Wildman–Crippen LogP) is 2.85. The zero-order chi connectivity index (χ0) is 14.8. The Kier molecular flexibility index (Phi) is 3.41. The van der Waals surface area contributed by atoms with Crippen LogP contribution in [0.2, 0.25) is 0 Å². The molecule has 5 heteroatoms. The molecule has 2 aromatic heterocycles. The first-order valence-corrected chi connectivity index (χ1v) is 6.64. The van der Waals surface area contributed by atoms with Gasteiger partial charge in [-0.2, -0.15) is 0 Å². The lowest BCUT2D eigenvalue weighted by Gasteiger charge is -2.07. The lowest BCUT2D eigenvalue weighted by molar-refractivity contribution is 0.0995. The summed E-state index contributed by atoms with van der Waals surface area (Å²) in [5.74, 6) is 0.498. The van der Waals surface area contributed by atoms with Crippen LogP contribution < -0.4 is 11.1 Å². The lowest BCUT2D eigenvalue weighted by atomic mass is 10.1. The third-order valence-electron chi connectivity index (χ3n) is 3.19. The summed E-state index contributed by atoms with van der Waals surface area (Å²) in [4.78, 5) is 16.7. The fraction of sp³-hybridized carbons (Fsp3) is 0.125. The number of hydrogen-bond donors (Lipinski definition) is 2. The summed E-state index contributed by atoms with van der Waals surface area (Å²) in [5, 5.41) is 3.80. The van der Waals surface area contributed by atoms with Crippen LogP contribution >= 0.6 is 0 Å². The number of carbonyl (C=O) groups excluding carboxylic acids is 1. The molecule has 0 aliphatic rings. The van der Waals surface area contributed by atoms with Gasteiger partial charge in [0.2, 0.25) is 0 Å². The van der Waals surface area contributed by atoms with Crippen molar-refractivity contribution in [3.05, 3.63) is 59.7 Å². The highest BCUT2D eigenvalue weighted by molar-refractivity contribution is 6.06. The van der Waals surface area contributed by atoms with Crippen LogP contribution in [0.25, 0.3) is 10.9 Å². The third-order valence-corrected chi connectivity index (χ3v) is 3.19. The Morgan fingerprint density at radius 2 is 2.10 bits per heavy atom. The first kappa shape index (κ1) is 13.3. The van der Waals surface area contributed by atoms with Crippen molar-refractivity contribution in [2.45, 2.75) is 13.5 Å². The maximum Gasteiger partial charge on any atom is 0.291 e. The number of anilines is 1. The molecule has 0 bridgehead atoms. The summed E-state index contributed by atoms with van der Waals surface area (Å²) in [5.41, 5.74) is 7.79. The number of hydrogen-bond acceptors (Lipinski definition) is 4. The topological polar surface area (TPSA) is 81.2 Å². The highest BCUT2D eigenvalue weighted by Crippen LogP contribution is 2.22. The largest absolute Gasteiger partial charge is 0.455 e. The molecule has 106 valence electrons. The number of fused-ring (bicyclic) bond motifs is 1. The van der Waals surface area contributed by atoms with E-state index < -0.39 is 0 Å². The number of aryl methyl sites for hydroxylation is 1. The summed E-state index contributed by atoms with van der Waals surface area (Å²) in [6.07, 6.45) is 0. The van der Waals surface area contributed by atoms with Gasteiger partial charge in [-0.1, -0.05) is 18.2 Å². The second kappa shape index (κ2) is 5.38. The smallest absolute Gasteiger partial charge is 0.291 e. The van der Waals surface area contributed by atoms with Crippen molar-refractivity contribution in [3.63, 3.8) is 0 Å². The maximum absolute atomic E-state index is 12.2. The van der Waals surface area contributed by atoms with Gasteiger partial charge < -0.3 is 15.5 Å². The number of nitrogens with one attached hydrogen (secondary N) is 1. The van der Waals surface area contributed by atoms with Crippen LogP contribution in [0.3, 0.4) is 0 Å². The predicted molar refractivity (Wildman–Crippen MR) is 81.0 cm³/mol. The molecule has 3 rings (SSSR count). The number of furan rings is 1. The Morgan fingerprint density at radius 1 is 1.24 bits per heavy atom. The van der Waals surface area contributed by atoms with E-state index in [9.17, 15) is 4.79 Å². The van der Waals surface area contributed by atoms with Gasteiger partial charge >= 0.3 is 0 Å². The first-order chi connectivity index (χ1) is 10.2. The standard InChI is InChI=1S/C16H15N3O2/c1-10-5-6-11-3-2-4-13(15(11)18-10)19-16(20)14-8-7-12(9-17)21-14/h2-8H,9,17H2,1H3,(H,19,20). The summed E-state index contributed by atoms with van der Waals surface area (Å²) >= 11 is 0. The Bertz CT molecular complexity index is 808. The highest BCUT2D eigenvalue weighted by atomic mass is 16.4. The summed E-state index contributed by atoms with van der Waals surface area (Å²) in [7, 11) is 0. The molecule has 3 N–H and O–H groups in total. The lowest BCUT2D eigenvalue weighted by Crippen LogP contribution is -2.11. The molecule has 0 atom stereocenters. The normalized spacial score (nSPS) is 10.8. The van der Waals surface area contributed by atoms with Crippen molar-refractivity contribution < 1.29 is 9.21 Å². The van der Waals surface area contributed by atoms with Crippen LogP contribution in [0, 0.1) is 6.92 Å². The van der Waals surface area contributed by atoms with Crippen LogP contribution in [0.4, 0.5) is 5.69 Å². The summed E-state index contributed by atoms with van der Waals surface area (Å²) in [6.45, 7) is 2.18. The van der Waals surface area contributed by atoms with Gasteiger partial charge in [-0.3, -0.25) is 9.78 Å². The molecule has 2 heterocycles. The van der Waals surface area contributed by atoms with E-state index in [4.69, 9.17) is 10.2 Å². The van der Waals surface area contributed by atoms with Crippen LogP contribution in [0.15, 0.2) is 46.9 Å². The molecule has 0 aliphatic heterocycles. The Balaban J connectivity index is 1.94. The van der Waals surface area contributed by atoms with Crippen LogP contribution in [-0.2, 0) is 6.54 Å². The molecule has 21 heavy (non-hydrogen) atoms. The molecule has 0 saturated carbocycles. The molecule has 0 radical (unpaired) electrons. The number of carbonyl (C=O) groups is 1. The number of para-hydroxylation sites is 1. The maximum atomic E-state index is 12.2. The second-order valence-corrected chi connectivity index (χ2v) is 4.75. The van der Waals surface area contributed by atoms with Crippen LogP contribution in [-0.4, -0.2) is 10.9 Å². The van der Waals surface area contributed by atoms with E-state index in [0.29, 0.717) is 11.4 Å². The Morgan fingerprint density at radius 3 is 2.86 bits per heavy atom. The zero-order valence-corrected chi connectivity index (χ0v) is 11.6. The average Bonchev–Trinajstić information content (AvgIpc) is 2.97. The van der Waals surface area contributed by atoms with Gasteiger partial charge in [-0.05, 0) is 31.2 Å². The molecule has 1 aromatic carbocycles. The van der Waals surface area contributed by atoms with Crippen molar-refractivity contribution >= 4 is 22.5 Å². The molecule has 0 spiro atoms. The third kappa shape index (κ3) is 2.64. The minimum Gasteiger partial charge on any atom is -0.455 e. The van der Waals surface area contributed by atoms with Crippen molar-refractivity contribution in [1.82, 2.24) is 4.98 Å². The molecule has 5 nitrogen and oxygen atoms in total. The van der Waals surface area contributed by atoms with Gasteiger partial charge in [0.25, 0.3) is 5.91 Å². The molecular weight excluding hydrogens is 266 g/mol. The monoisotopic (exact) mass is 281 g/mol. The number of pyridine rings is 1. The van der Waals surface area contributed by atoms with Gasteiger partial charge in [-0.25, -0.2) is 0 Å². The van der Waals surface area contributed by atoms with E-state index in [1.54, 1.807) is 12.1 Å². The Hall–Kier alpha value is -2.66. The quantitative estimate of drug-likeness (QED) is 0.773. The van der Waals surface area contributed by atoms with Crippen molar-refractivity contribution in [3.8, 4) is 0 Å². The number of nitrogens with zero attached hydrogens (tertiary/aromatic N) is 1. The summed E-state index contributed by atoms with van der Waals surface area (Å²) < 4.78 is 5.35. The van der Waals surface area contributed by atoms with Gasteiger partial charge in [0.1, 0.15) is 5.76 Å². The van der Waals surface area contributed by atoms with Gasteiger partial charge in [0.15, 0.2) is 5.76 Å². The van der Waals surface area contributed by atoms with Gasteiger partial charge in [-0.15, -0.1) is 0 Å². The van der Waals surface area contributed by atoms with E-state index in [2.05, 4.69) is 10.3 Å². The van der Waals surface area contributed by atoms with Crippen LogP contribution in [0.5, 0.6) is 0 Å². The number of aromatic nitrogens is 1. The van der Waals surface area contributed by atoms with Crippen LogP contribution in [0.1, 0.15) is 22.0 Å². The average molecular weight is 281 g/mol. The first-order valence-electron chi connectivity index (χ1n) is 6.64. The van der Waals surface area contributed by atoms with E-state index in [1.165, 1.54) is 0 Å². The molecule has 0 aliphatic carbocycles. The summed E-state index contributed by atoms with van der Waals surface area (Å²) in [6, 6.07) is 12.9. The van der Waals surface area contributed by atoms with Crippen molar-refractivity contribution in [1.29, 1.82) is 0 Å². The molecule has 0 saturated heterocycles. The van der Waals surface area contributed by atoms with Gasteiger partial charge in [0, 0.05) is 11.1 Å². The Labute approximate surface area is 121 Å². The molecule has 3 aromatic rings. The number of benzene rings is 1. The fourth-order valence-corrected chi connectivity index (χ4v) is 2.14. The van der Waals surface area contributed by atoms with Crippen molar-refractivity contribution in [2.75, 3.05) is 5.32 Å². The van der Waals surface area contributed by atoms with Crippen molar-refractivity contribution in [2.24, 2.45) is 5.73 Å². The van der Waals surface area contributed by atoms with E-state index in [1.807, 2.05) is 37.3 Å². The molecule has 0 unspecified atom stereocenters. The van der Waals surface area contributed by atoms with E-state index >= 15 is 0 Å². The SMILES string of the molecule is Cc1ccc2cccc(NC(=O)c3ccc(CN)o3)c2n1. The van der Waals surface area contributed by atoms with E-state index in [0.717, 1.165) is 16.6 Å². The molecule has 0 fully saturated rings. The fourth-order valence-electron chi connectivity index (χ4n) is 2.14. The minimum absolute atomic E-state index is 0.236. The molecule has 1 amide bonds. The number of amides is 1. The van der Waals surface area contributed by atoms with Gasteiger partial charge in [0.05, 0.1) is 17.7 Å².